The Morgan fingerprint density at radius 3 is 2.27 bits per heavy atom. The highest BCUT2D eigenvalue weighted by Crippen LogP contribution is 2.16. The molecule has 90 valence electrons. The molecule has 0 spiro atoms. The van der Waals surface area contributed by atoms with Crippen molar-refractivity contribution in [3.05, 3.63) is 5.21 Å². The van der Waals surface area contributed by atoms with Crippen molar-refractivity contribution >= 4 is 12.4 Å². The number of hydroxylamine groups is 3. The van der Waals surface area contributed by atoms with Crippen LogP contribution < -0.4 is 5.32 Å². The molecule has 5 heteroatoms. The Morgan fingerprint density at radius 2 is 1.73 bits per heavy atom. The lowest BCUT2D eigenvalue weighted by atomic mass is 10.0. The minimum absolute atomic E-state index is 0. The highest BCUT2D eigenvalue weighted by Gasteiger charge is 2.27. The van der Waals surface area contributed by atoms with Gasteiger partial charge in [-0.1, -0.05) is 0 Å². The van der Waals surface area contributed by atoms with Crippen LogP contribution in [0.3, 0.4) is 0 Å². The first-order valence-corrected chi connectivity index (χ1v) is 5.68. The van der Waals surface area contributed by atoms with Crippen LogP contribution in [-0.4, -0.2) is 61.9 Å². The maximum Gasteiger partial charge on any atom is 0.0911 e. The molecule has 0 saturated carbocycles. The molecule has 0 bridgehead atoms. The predicted molar refractivity (Wildman–Crippen MR) is 64.0 cm³/mol. The standard InChI is InChI=1S/C10H21N3O.ClH/c1-13(14)8-6-12(7-9-13)10-2-4-11-5-3-10;/h10-11H,2-9H2,1H3;1H. The minimum atomic E-state index is -0.0402. The molecule has 2 heterocycles. The van der Waals surface area contributed by atoms with Gasteiger partial charge in [0.05, 0.1) is 20.1 Å². The van der Waals surface area contributed by atoms with Gasteiger partial charge in [-0.25, -0.2) is 0 Å². The zero-order valence-corrected chi connectivity index (χ0v) is 10.3. The summed E-state index contributed by atoms with van der Waals surface area (Å²) in [4.78, 5) is 2.51. The Labute approximate surface area is 98.2 Å². The summed E-state index contributed by atoms with van der Waals surface area (Å²) in [6, 6.07) is 0.733. The van der Waals surface area contributed by atoms with E-state index < -0.39 is 0 Å². The first-order chi connectivity index (χ1) is 6.67. The molecule has 0 aliphatic carbocycles. The fourth-order valence-electron chi connectivity index (χ4n) is 2.44. The molecule has 2 rings (SSSR count). The molecule has 1 N–H and O–H groups in total. The number of halogens is 1. The van der Waals surface area contributed by atoms with E-state index in [1.165, 1.54) is 12.8 Å². The van der Waals surface area contributed by atoms with Gasteiger partial charge in [-0.2, -0.15) is 0 Å². The van der Waals surface area contributed by atoms with Gasteiger partial charge in [0, 0.05) is 19.1 Å². The van der Waals surface area contributed by atoms with Crippen molar-refractivity contribution in [1.82, 2.24) is 10.2 Å². The number of quaternary nitrogens is 1. The summed E-state index contributed by atoms with van der Waals surface area (Å²) in [5.41, 5.74) is 0. The number of piperidine rings is 1. The van der Waals surface area contributed by atoms with Crippen molar-refractivity contribution in [2.24, 2.45) is 0 Å². The van der Waals surface area contributed by atoms with Crippen molar-refractivity contribution < 1.29 is 4.65 Å². The van der Waals surface area contributed by atoms with Crippen LogP contribution in [0.4, 0.5) is 0 Å². The van der Waals surface area contributed by atoms with Crippen LogP contribution in [-0.2, 0) is 0 Å². The van der Waals surface area contributed by atoms with Crippen LogP contribution in [0.15, 0.2) is 0 Å². The summed E-state index contributed by atoms with van der Waals surface area (Å²) >= 11 is 0. The average molecular weight is 236 g/mol. The minimum Gasteiger partial charge on any atom is -0.633 e. The maximum absolute atomic E-state index is 11.6. The number of nitrogens with one attached hydrogen (secondary N) is 1. The molecule has 0 atom stereocenters. The van der Waals surface area contributed by atoms with Crippen molar-refractivity contribution in [3.63, 3.8) is 0 Å². The average Bonchev–Trinajstić information content (AvgIpc) is 2.19. The monoisotopic (exact) mass is 235 g/mol. The summed E-state index contributed by atoms with van der Waals surface area (Å²) in [6.07, 6.45) is 2.51. The third-order valence-corrected chi connectivity index (χ3v) is 3.55. The van der Waals surface area contributed by atoms with E-state index in [4.69, 9.17) is 0 Å². The largest absolute Gasteiger partial charge is 0.633 e. The summed E-state index contributed by atoms with van der Waals surface area (Å²) in [5.74, 6) is 0. The molecule has 2 aliphatic heterocycles. The molecule has 15 heavy (non-hydrogen) atoms. The molecule has 4 nitrogen and oxygen atoms in total. The summed E-state index contributed by atoms with van der Waals surface area (Å²) in [5, 5.41) is 15.0. The van der Waals surface area contributed by atoms with Crippen LogP contribution in [0, 0.1) is 5.21 Å². The van der Waals surface area contributed by atoms with E-state index in [-0.39, 0.29) is 17.1 Å². The van der Waals surface area contributed by atoms with Crippen LogP contribution in [0.5, 0.6) is 0 Å². The lowest BCUT2D eigenvalue weighted by Gasteiger charge is -2.47. The van der Waals surface area contributed by atoms with Gasteiger partial charge in [0.15, 0.2) is 0 Å². The first kappa shape index (κ1) is 13.2. The quantitative estimate of drug-likeness (QED) is 0.529. The third kappa shape index (κ3) is 3.57. The van der Waals surface area contributed by atoms with Gasteiger partial charge in [0.1, 0.15) is 0 Å². The highest BCUT2D eigenvalue weighted by atomic mass is 35.5. The van der Waals surface area contributed by atoms with E-state index in [1.807, 2.05) is 0 Å². The predicted octanol–water partition coefficient (Wildman–Crippen LogP) is 0.420. The van der Waals surface area contributed by atoms with Gasteiger partial charge < -0.3 is 15.2 Å². The molecule has 0 amide bonds. The Hall–Kier alpha value is 0.130. The van der Waals surface area contributed by atoms with Gasteiger partial charge in [-0.05, 0) is 25.9 Å². The number of rotatable bonds is 1. The van der Waals surface area contributed by atoms with Crippen molar-refractivity contribution in [2.45, 2.75) is 18.9 Å². The Morgan fingerprint density at radius 1 is 1.20 bits per heavy atom. The number of likely N-dealkylation sites (N-methyl/N-ethyl adjacent to an activating group) is 1. The molecule has 0 aromatic carbocycles. The second-order valence-electron chi connectivity index (χ2n) is 4.76. The molecule has 2 saturated heterocycles. The van der Waals surface area contributed by atoms with Crippen molar-refractivity contribution in [3.8, 4) is 0 Å². The SMILES string of the molecule is C[N+]1([O-])CCN(C2CCNCC2)CC1.Cl. The van der Waals surface area contributed by atoms with Gasteiger partial charge >= 0.3 is 0 Å². The summed E-state index contributed by atoms with van der Waals surface area (Å²) in [7, 11) is 1.79. The van der Waals surface area contributed by atoms with Gasteiger partial charge in [-0.3, -0.25) is 4.90 Å². The molecule has 0 unspecified atom stereocenters. The molecule has 2 aliphatic rings. The van der Waals surface area contributed by atoms with Gasteiger partial charge in [0.25, 0.3) is 0 Å². The lowest BCUT2D eigenvalue weighted by Crippen LogP contribution is -2.57. The Kier molecular flexibility index (Phi) is 4.80. The maximum atomic E-state index is 11.6. The van der Waals surface area contributed by atoms with E-state index in [0.29, 0.717) is 0 Å². The van der Waals surface area contributed by atoms with Crippen LogP contribution in [0.2, 0.25) is 0 Å². The van der Waals surface area contributed by atoms with Gasteiger partial charge in [0.2, 0.25) is 0 Å². The first-order valence-electron chi connectivity index (χ1n) is 5.68. The Bertz CT molecular complexity index is 185. The third-order valence-electron chi connectivity index (χ3n) is 3.55. The number of hydrogen-bond donors (Lipinski definition) is 1. The molecule has 0 aromatic rings. The smallest absolute Gasteiger partial charge is 0.0911 e. The molecule has 0 aromatic heterocycles. The molecular formula is C10H22ClN3O. The summed E-state index contributed by atoms with van der Waals surface area (Å²) < 4.78 is -0.0402. The topological polar surface area (TPSA) is 38.3 Å². The van der Waals surface area contributed by atoms with E-state index in [0.717, 1.165) is 45.3 Å². The second-order valence-corrected chi connectivity index (χ2v) is 4.76. The van der Waals surface area contributed by atoms with Crippen molar-refractivity contribution in [2.75, 3.05) is 46.3 Å². The fraction of sp³-hybridized carbons (Fsp3) is 1.00. The second kappa shape index (κ2) is 5.46. The fourth-order valence-corrected chi connectivity index (χ4v) is 2.44. The molecular weight excluding hydrogens is 214 g/mol. The van der Waals surface area contributed by atoms with E-state index in [1.54, 1.807) is 7.05 Å². The van der Waals surface area contributed by atoms with Crippen LogP contribution in [0.25, 0.3) is 0 Å². The summed E-state index contributed by atoms with van der Waals surface area (Å²) in [6.45, 7) is 5.80. The van der Waals surface area contributed by atoms with Crippen LogP contribution >= 0.6 is 12.4 Å². The van der Waals surface area contributed by atoms with E-state index in [9.17, 15) is 5.21 Å². The lowest BCUT2D eigenvalue weighted by molar-refractivity contribution is -0.865. The van der Waals surface area contributed by atoms with E-state index in [2.05, 4.69) is 10.2 Å². The number of nitrogens with zero attached hydrogens (tertiary/aromatic N) is 2. The zero-order valence-electron chi connectivity index (χ0n) is 9.45. The number of piperazine rings is 1. The number of hydrogen-bond acceptors (Lipinski definition) is 3. The normalized spacial score (nSPS) is 28.4. The molecule has 2 fully saturated rings. The molecule has 0 radical (unpaired) electrons. The van der Waals surface area contributed by atoms with Crippen molar-refractivity contribution in [1.29, 1.82) is 0 Å². The Balaban J connectivity index is 0.00000112. The van der Waals surface area contributed by atoms with E-state index >= 15 is 0 Å². The van der Waals surface area contributed by atoms with Crippen LogP contribution in [0.1, 0.15) is 12.8 Å². The zero-order chi connectivity index (χ0) is 10.0. The van der Waals surface area contributed by atoms with Gasteiger partial charge in [-0.15, -0.1) is 12.4 Å². The highest BCUT2D eigenvalue weighted by molar-refractivity contribution is 5.85.